The van der Waals surface area contributed by atoms with Crippen molar-refractivity contribution in [3.63, 3.8) is 0 Å². The van der Waals surface area contributed by atoms with E-state index in [2.05, 4.69) is 5.32 Å². The molecule has 0 saturated heterocycles. The SMILES string of the molecule is CCOc1ccccc1NC(=O)C(=O)C(C)=O. The molecule has 0 aliphatic heterocycles. The number of nitrogens with one attached hydrogen (secondary N) is 1. The number of Topliss-reactive ketones (excluding diaryl/α,β-unsaturated/α-hetero) is 2. The summed E-state index contributed by atoms with van der Waals surface area (Å²) in [4.78, 5) is 33.2. The van der Waals surface area contributed by atoms with Gasteiger partial charge in [0.05, 0.1) is 12.3 Å². The second-order valence-electron chi connectivity index (χ2n) is 3.27. The van der Waals surface area contributed by atoms with Crippen molar-refractivity contribution in [3.05, 3.63) is 24.3 Å². The highest BCUT2D eigenvalue weighted by molar-refractivity contribution is 6.65. The maximum absolute atomic E-state index is 11.4. The van der Waals surface area contributed by atoms with Crippen molar-refractivity contribution in [2.45, 2.75) is 13.8 Å². The van der Waals surface area contributed by atoms with Crippen LogP contribution in [0.3, 0.4) is 0 Å². The van der Waals surface area contributed by atoms with E-state index in [-0.39, 0.29) is 0 Å². The summed E-state index contributed by atoms with van der Waals surface area (Å²) in [7, 11) is 0. The molecule has 1 N–H and O–H groups in total. The standard InChI is InChI=1S/C12H13NO4/c1-3-17-10-7-5-4-6-9(10)13-12(16)11(15)8(2)14/h4-7H,3H2,1-2H3,(H,13,16). The Morgan fingerprint density at radius 2 is 1.88 bits per heavy atom. The topological polar surface area (TPSA) is 72.5 Å². The Morgan fingerprint density at radius 3 is 2.47 bits per heavy atom. The van der Waals surface area contributed by atoms with E-state index >= 15 is 0 Å². The molecule has 0 spiro atoms. The molecule has 0 unspecified atom stereocenters. The highest BCUT2D eigenvalue weighted by Crippen LogP contribution is 2.23. The summed E-state index contributed by atoms with van der Waals surface area (Å²) in [6, 6.07) is 6.69. The van der Waals surface area contributed by atoms with Gasteiger partial charge in [0, 0.05) is 6.92 Å². The number of hydrogen-bond donors (Lipinski definition) is 1. The fourth-order valence-corrected chi connectivity index (χ4v) is 1.19. The third kappa shape index (κ3) is 3.41. The summed E-state index contributed by atoms with van der Waals surface area (Å²) in [6.07, 6.45) is 0. The minimum absolute atomic E-state index is 0.369. The van der Waals surface area contributed by atoms with E-state index in [1.807, 2.05) is 0 Å². The molecule has 17 heavy (non-hydrogen) atoms. The minimum atomic E-state index is -1.07. The number of para-hydroxylation sites is 2. The summed E-state index contributed by atoms with van der Waals surface area (Å²) < 4.78 is 5.27. The molecule has 0 aromatic heterocycles. The molecule has 0 fully saturated rings. The first-order valence-corrected chi connectivity index (χ1v) is 5.14. The van der Waals surface area contributed by atoms with E-state index in [9.17, 15) is 14.4 Å². The molecule has 0 bridgehead atoms. The molecular weight excluding hydrogens is 222 g/mol. The summed E-state index contributed by atoms with van der Waals surface area (Å²) in [6.45, 7) is 3.29. The van der Waals surface area contributed by atoms with Crippen LogP contribution in [0.1, 0.15) is 13.8 Å². The van der Waals surface area contributed by atoms with E-state index in [1.54, 1.807) is 31.2 Å². The van der Waals surface area contributed by atoms with Crippen molar-refractivity contribution in [2.75, 3.05) is 11.9 Å². The van der Waals surface area contributed by atoms with Gasteiger partial charge in [-0.2, -0.15) is 0 Å². The van der Waals surface area contributed by atoms with E-state index in [0.717, 1.165) is 6.92 Å². The highest BCUT2D eigenvalue weighted by atomic mass is 16.5. The number of amides is 1. The number of hydrogen-bond acceptors (Lipinski definition) is 4. The molecule has 90 valence electrons. The van der Waals surface area contributed by atoms with E-state index in [4.69, 9.17) is 4.74 Å². The van der Waals surface area contributed by atoms with Gasteiger partial charge in [-0.3, -0.25) is 14.4 Å². The Hall–Kier alpha value is -2.17. The van der Waals surface area contributed by atoms with Gasteiger partial charge in [0.15, 0.2) is 0 Å². The van der Waals surface area contributed by atoms with Crippen LogP contribution in [-0.4, -0.2) is 24.1 Å². The number of carbonyl (C=O) groups excluding carboxylic acids is 3. The van der Waals surface area contributed by atoms with E-state index < -0.39 is 17.5 Å². The number of rotatable bonds is 5. The van der Waals surface area contributed by atoms with Crippen molar-refractivity contribution in [1.29, 1.82) is 0 Å². The normalized spacial score (nSPS) is 9.53. The van der Waals surface area contributed by atoms with Crippen LogP contribution in [0.5, 0.6) is 5.75 Å². The average molecular weight is 235 g/mol. The number of ketones is 2. The minimum Gasteiger partial charge on any atom is -0.492 e. The van der Waals surface area contributed by atoms with Crippen LogP contribution in [0.25, 0.3) is 0 Å². The van der Waals surface area contributed by atoms with E-state index in [1.165, 1.54) is 0 Å². The van der Waals surface area contributed by atoms with Gasteiger partial charge >= 0.3 is 0 Å². The predicted molar refractivity (Wildman–Crippen MR) is 61.9 cm³/mol. The summed E-state index contributed by atoms with van der Waals surface area (Å²) in [5.41, 5.74) is 0.369. The Bertz CT molecular complexity index is 454. The van der Waals surface area contributed by atoms with Crippen molar-refractivity contribution >= 4 is 23.2 Å². The monoisotopic (exact) mass is 235 g/mol. The van der Waals surface area contributed by atoms with Crippen molar-refractivity contribution in [3.8, 4) is 5.75 Å². The second-order valence-corrected chi connectivity index (χ2v) is 3.27. The van der Waals surface area contributed by atoms with Crippen molar-refractivity contribution < 1.29 is 19.1 Å². The van der Waals surface area contributed by atoms with Gasteiger partial charge in [0.1, 0.15) is 5.75 Å². The first-order valence-electron chi connectivity index (χ1n) is 5.14. The molecule has 1 rings (SSSR count). The van der Waals surface area contributed by atoms with Crippen LogP contribution in [0.15, 0.2) is 24.3 Å². The first-order chi connectivity index (χ1) is 8.06. The smallest absolute Gasteiger partial charge is 0.300 e. The Kier molecular flexibility index (Phi) is 4.39. The number of anilines is 1. The molecule has 1 amide bonds. The average Bonchev–Trinajstić information content (AvgIpc) is 2.30. The van der Waals surface area contributed by atoms with Crippen molar-refractivity contribution in [1.82, 2.24) is 0 Å². The first kappa shape index (κ1) is 12.9. The number of benzene rings is 1. The summed E-state index contributed by atoms with van der Waals surface area (Å²) in [5.74, 6) is -2.36. The van der Waals surface area contributed by atoms with Gasteiger partial charge in [-0.1, -0.05) is 12.1 Å². The summed E-state index contributed by atoms with van der Waals surface area (Å²) >= 11 is 0. The molecule has 0 atom stereocenters. The van der Waals surface area contributed by atoms with Crippen LogP contribution in [-0.2, 0) is 14.4 Å². The fraction of sp³-hybridized carbons (Fsp3) is 0.250. The lowest BCUT2D eigenvalue weighted by molar-refractivity contribution is -0.142. The Morgan fingerprint density at radius 1 is 1.24 bits per heavy atom. The number of ether oxygens (including phenoxy) is 1. The van der Waals surface area contributed by atoms with Crippen molar-refractivity contribution in [2.24, 2.45) is 0 Å². The van der Waals surface area contributed by atoms with Gasteiger partial charge in [0.25, 0.3) is 11.7 Å². The van der Waals surface area contributed by atoms with Crippen LogP contribution >= 0.6 is 0 Å². The lowest BCUT2D eigenvalue weighted by atomic mass is 10.2. The Labute approximate surface area is 98.8 Å². The molecule has 0 aliphatic carbocycles. The van der Waals surface area contributed by atoms with Gasteiger partial charge in [-0.25, -0.2) is 0 Å². The second kappa shape index (κ2) is 5.79. The van der Waals surface area contributed by atoms with Crippen LogP contribution in [0, 0.1) is 0 Å². The van der Waals surface area contributed by atoms with Gasteiger partial charge in [-0.05, 0) is 19.1 Å². The third-order valence-corrected chi connectivity index (χ3v) is 1.96. The molecule has 0 radical (unpaired) electrons. The molecule has 5 nitrogen and oxygen atoms in total. The van der Waals surface area contributed by atoms with Gasteiger partial charge < -0.3 is 10.1 Å². The lowest BCUT2D eigenvalue weighted by Gasteiger charge is -2.09. The molecule has 1 aromatic carbocycles. The van der Waals surface area contributed by atoms with Crippen LogP contribution in [0.2, 0.25) is 0 Å². The Balaban J connectivity index is 2.84. The molecule has 0 heterocycles. The zero-order valence-corrected chi connectivity index (χ0v) is 9.65. The quantitative estimate of drug-likeness (QED) is 0.614. The molecule has 0 saturated carbocycles. The predicted octanol–water partition coefficient (Wildman–Crippen LogP) is 1.18. The third-order valence-electron chi connectivity index (χ3n) is 1.96. The van der Waals surface area contributed by atoms with Crippen LogP contribution < -0.4 is 10.1 Å². The molecule has 1 aromatic rings. The molecule has 0 aliphatic rings. The maximum atomic E-state index is 11.4. The fourth-order valence-electron chi connectivity index (χ4n) is 1.19. The highest BCUT2D eigenvalue weighted by Gasteiger charge is 2.19. The lowest BCUT2D eigenvalue weighted by Crippen LogP contribution is -2.28. The number of carbonyl (C=O) groups is 3. The van der Waals surface area contributed by atoms with Crippen LogP contribution in [0.4, 0.5) is 5.69 Å². The molecule has 5 heteroatoms. The van der Waals surface area contributed by atoms with Gasteiger partial charge in [0.2, 0.25) is 5.78 Å². The maximum Gasteiger partial charge on any atom is 0.300 e. The zero-order valence-electron chi connectivity index (χ0n) is 9.65. The zero-order chi connectivity index (χ0) is 12.8. The summed E-state index contributed by atoms with van der Waals surface area (Å²) in [5, 5.41) is 2.34. The largest absolute Gasteiger partial charge is 0.492 e. The van der Waals surface area contributed by atoms with Gasteiger partial charge in [-0.15, -0.1) is 0 Å². The molecular formula is C12H13NO4. The van der Waals surface area contributed by atoms with E-state index in [0.29, 0.717) is 18.0 Å².